The van der Waals surface area contributed by atoms with Gasteiger partial charge in [0.05, 0.1) is 6.04 Å². The molecule has 1 amide bonds. The van der Waals surface area contributed by atoms with Gasteiger partial charge >= 0.3 is 0 Å². The molecule has 0 aliphatic heterocycles. The number of nitrogens with two attached hydrogens (primary N) is 1. The number of fused-ring (bicyclic) bond motifs is 1. The third-order valence-electron chi connectivity index (χ3n) is 2.44. The molecule has 0 bridgehead atoms. The lowest BCUT2D eigenvalue weighted by Crippen LogP contribution is -2.32. The fourth-order valence-corrected chi connectivity index (χ4v) is 1.61. The number of aryl methyl sites for hydroxylation is 1. The number of H-pyrrole nitrogens is 1. The van der Waals surface area contributed by atoms with E-state index in [0.29, 0.717) is 0 Å². The molecule has 1 atom stereocenters. The van der Waals surface area contributed by atoms with Gasteiger partial charge in [0.15, 0.2) is 0 Å². The van der Waals surface area contributed by atoms with Gasteiger partial charge in [-0.3, -0.25) is 4.79 Å². The van der Waals surface area contributed by atoms with Crippen molar-refractivity contribution < 1.29 is 4.79 Å². The summed E-state index contributed by atoms with van der Waals surface area (Å²) in [5, 5.41) is 3.85. The minimum absolute atomic E-state index is 0.174. The second-order valence-electron chi connectivity index (χ2n) is 4.03. The van der Waals surface area contributed by atoms with Gasteiger partial charge in [0.1, 0.15) is 0 Å². The molecule has 16 heavy (non-hydrogen) atoms. The smallest absolute Gasteiger partial charge is 0.240 e. The topological polar surface area (TPSA) is 70.9 Å². The van der Waals surface area contributed by atoms with Gasteiger partial charge < -0.3 is 16.0 Å². The van der Waals surface area contributed by atoms with Gasteiger partial charge in [-0.1, -0.05) is 0 Å². The van der Waals surface area contributed by atoms with Crippen LogP contribution < -0.4 is 11.1 Å². The van der Waals surface area contributed by atoms with Crippen molar-refractivity contribution in [2.45, 2.75) is 19.9 Å². The lowest BCUT2D eigenvalue weighted by Gasteiger charge is -2.07. The van der Waals surface area contributed by atoms with E-state index in [1.807, 2.05) is 31.2 Å². The summed E-state index contributed by atoms with van der Waals surface area (Å²) in [6, 6.07) is 7.27. The number of nitrogens with one attached hydrogen (secondary N) is 2. The van der Waals surface area contributed by atoms with Crippen molar-refractivity contribution in [2.75, 3.05) is 5.32 Å². The molecule has 0 aliphatic carbocycles. The number of carbonyl (C=O) groups excluding carboxylic acids is 1. The average molecular weight is 217 g/mol. The molecule has 84 valence electrons. The zero-order chi connectivity index (χ0) is 11.7. The van der Waals surface area contributed by atoms with Gasteiger partial charge in [-0.2, -0.15) is 0 Å². The van der Waals surface area contributed by atoms with Gasteiger partial charge in [-0.15, -0.1) is 0 Å². The summed E-state index contributed by atoms with van der Waals surface area (Å²) in [6.45, 7) is 3.66. The molecule has 2 rings (SSSR count). The number of hydrogen-bond acceptors (Lipinski definition) is 2. The van der Waals surface area contributed by atoms with Crippen LogP contribution in [-0.4, -0.2) is 16.9 Å². The third-order valence-corrected chi connectivity index (χ3v) is 2.44. The summed E-state index contributed by atoms with van der Waals surface area (Å²) in [7, 11) is 0. The lowest BCUT2D eigenvalue weighted by atomic mass is 10.2. The highest BCUT2D eigenvalue weighted by Crippen LogP contribution is 2.19. The van der Waals surface area contributed by atoms with Crippen molar-refractivity contribution in [3.63, 3.8) is 0 Å². The lowest BCUT2D eigenvalue weighted by molar-refractivity contribution is -0.117. The summed E-state index contributed by atoms with van der Waals surface area (Å²) >= 11 is 0. The Balaban J connectivity index is 2.29. The fourth-order valence-electron chi connectivity index (χ4n) is 1.61. The molecule has 0 saturated heterocycles. The number of anilines is 1. The first kappa shape index (κ1) is 10.7. The number of aromatic nitrogens is 1. The molecule has 0 spiro atoms. The van der Waals surface area contributed by atoms with E-state index in [9.17, 15) is 4.79 Å². The number of amides is 1. The van der Waals surface area contributed by atoms with E-state index in [0.717, 1.165) is 22.3 Å². The Labute approximate surface area is 93.8 Å². The van der Waals surface area contributed by atoms with E-state index in [1.54, 1.807) is 6.92 Å². The molecule has 4 heteroatoms. The Bertz CT molecular complexity index is 528. The normalized spacial score (nSPS) is 12.7. The molecule has 1 aromatic heterocycles. The maximum atomic E-state index is 11.4. The Kier molecular flexibility index (Phi) is 2.66. The molecule has 4 nitrogen and oxygen atoms in total. The van der Waals surface area contributed by atoms with Gasteiger partial charge in [0.2, 0.25) is 5.91 Å². The zero-order valence-corrected chi connectivity index (χ0v) is 9.37. The molecule has 0 saturated carbocycles. The quantitative estimate of drug-likeness (QED) is 0.717. The minimum Gasteiger partial charge on any atom is -0.359 e. The second-order valence-corrected chi connectivity index (χ2v) is 4.03. The standard InChI is InChI=1S/C12H15N3O/c1-7-5-9-6-10(3-4-11(9)14-7)15-12(16)8(2)13/h3-6,8,14H,13H2,1-2H3,(H,15,16). The van der Waals surface area contributed by atoms with Gasteiger partial charge in [-0.05, 0) is 38.1 Å². The van der Waals surface area contributed by atoms with Crippen LogP contribution in [0.15, 0.2) is 24.3 Å². The van der Waals surface area contributed by atoms with Crippen LogP contribution in [0.4, 0.5) is 5.69 Å². The minimum atomic E-state index is -0.497. The van der Waals surface area contributed by atoms with Crippen LogP contribution in [-0.2, 0) is 4.79 Å². The summed E-state index contributed by atoms with van der Waals surface area (Å²) in [5.41, 5.74) is 8.42. The van der Waals surface area contributed by atoms with Crippen LogP contribution >= 0.6 is 0 Å². The van der Waals surface area contributed by atoms with Crippen molar-refractivity contribution in [3.8, 4) is 0 Å². The molecular weight excluding hydrogens is 202 g/mol. The maximum absolute atomic E-state index is 11.4. The maximum Gasteiger partial charge on any atom is 0.240 e. The van der Waals surface area contributed by atoms with Crippen molar-refractivity contribution in [1.29, 1.82) is 0 Å². The van der Waals surface area contributed by atoms with Crippen LogP contribution in [0.25, 0.3) is 10.9 Å². The molecule has 4 N–H and O–H groups in total. The number of carbonyl (C=O) groups is 1. The average Bonchev–Trinajstić information content (AvgIpc) is 2.57. The number of hydrogen-bond donors (Lipinski definition) is 3. The SMILES string of the molecule is Cc1cc2cc(NC(=O)C(C)N)ccc2[nH]1. The third kappa shape index (κ3) is 2.06. The molecule has 1 heterocycles. The number of benzene rings is 1. The molecule has 0 fully saturated rings. The Morgan fingerprint density at radius 3 is 2.88 bits per heavy atom. The fraction of sp³-hybridized carbons (Fsp3) is 0.250. The molecule has 1 aromatic carbocycles. The van der Waals surface area contributed by atoms with Gasteiger partial charge in [0.25, 0.3) is 0 Å². The monoisotopic (exact) mass is 217 g/mol. The van der Waals surface area contributed by atoms with E-state index in [-0.39, 0.29) is 5.91 Å². The first-order valence-corrected chi connectivity index (χ1v) is 5.22. The van der Waals surface area contributed by atoms with Gasteiger partial charge in [-0.25, -0.2) is 0 Å². The number of rotatable bonds is 2. The summed E-state index contributed by atoms with van der Waals surface area (Å²) < 4.78 is 0. The largest absolute Gasteiger partial charge is 0.359 e. The predicted molar refractivity (Wildman–Crippen MR) is 65.3 cm³/mol. The molecule has 2 aromatic rings. The predicted octanol–water partition coefficient (Wildman–Crippen LogP) is 1.76. The zero-order valence-electron chi connectivity index (χ0n) is 9.37. The molecule has 0 radical (unpaired) electrons. The summed E-state index contributed by atoms with van der Waals surface area (Å²) in [4.78, 5) is 14.6. The molecule has 1 unspecified atom stereocenters. The van der Waals surface area contributed by atoms with Gasteiger partial charge in [0, 0.05) is 22.3 Å². The summed E-state index contributed by atoms with van der Waals surface area (Å²) in [5.74, 6) is -0.174. The van der Waals surface area contributed by atoms with Crippen LogP contribution in [0.3, 0.4) is 0 Å². The first-order valence-electron chi connectivity index (χ1n) is 5.22. The van der Waals surface area contributed by atoms with Crippen molar-refractivity contribution in [1.82, 2.24) is 4.98 Å². The van der Waals surface area contributed by atoms with Crippen LogP contribution in [0.1, 0.15) is 12.6 Å². The van der Waals surface area contributed by atoms with Crippen molar-refractivity contribution in [3.05, 3.63) is 30.0 Å². The van der Waals surface area contributed by atoms with E-state index in [1.165, 1.54) is 0 Å². The van der Waals surface area contributed by atoms with E-state index in [4.69, 9.17) is 5.73 Å². The highest BCUT2D eigenvalue weighted by Gasteiger charge is 2.07. The van der Waals surface area contributed by atoms with Crippen molar-refractivity contribution >= 4 is 22.5 Å². The first-order chi connectivity index (χ1) is 7.56. The highest BCUT2D eigenvalue weighted by molar-refractivity contribution is 5.96. The van der Waals surface area contributed by atoms with Crippen molar-refractivity contribution in [2.24, 2.45) is 5.73 Å². The Hall–Kier alpha value is -1.81. The Morgan fingerprint density at radius 2 is 2.19 bits per heavy atom. The van der Waals surface area contributed by atoms with E-state index in [2.05, 4.69) is 10.3 Å². The van der Waals surface area contributed by atoms with E-state index >= 15 is 0 Å². The Morgan fingerprint density at radius 1 is 1.44 bits per heavy atom. The highest BCUT2D eigenvalue weighted by atomic mass is 16.2. The van der Waals surface area contributed by atoms with Crippen LogP contribution in [0.2, 0.25) is 0 Å². The molecular formula is C12H15N3O. The molecule has 0 aliphatic rings. The van der Waals surface area contributed by atoms with Crippen LogP contribution in [0.5, 0.6) is 0 Å². The number of aromatic amines is 1. The van der Waals surface area contributed by atoms with E-state index < -0.39 is 6.04 Å². The van der Waals surface area contributed by atoms with Crippen LogP contribution in [0, 0.1) is 6.92 Å². The second kappa shape index (κ2) is 3.98. The summed E-state index contributed by atoms with van der Waals surface area (Å²) in [6.07, 6.45) is 0.